The van der Waals surface area contributed by atoms with E-state index < -0.39 is 83.7 Å². The molecule has 0 aliphatic carbocycles. The van der Waals surface area contributed by atoms with Gasteiger partial charge in [-0.15, -0.1) is 0 Å². The molecule has 0 N–H and O–H groups in total. The summed E-state index contributed by atoms with van der Waals surface area (Å²) < 4.78 is 32.0. The van der Waals surface area contributed by atoms with Gasteiger partial charge in [0.25, 0.3) is 11.5 Å². The number of methoxy groups -OCH3 is 3. The molecule has 4 atom stereocenters. The Bertz CT molecular complexity index is 1430. The summed E-state index contributed by atoms with van der Waals surface area (Å²) in [5.74, 6) is -6.92. The summed E-state index contributed by atoms with van der Waals surface area (Å²) in [6.07, 6.45) is -4.30. The van der Waals surface area contributed by atoms with Gasteiger partial charge >= 0.3 is 29.6 Å². The zero-order chi connectivity index (χ0) is 30.4. The maximum atomic E-state index is 13.8. The van der Waals surface area contributed by atoms with Crippen molar-refractivity contribution in [3.8, 4) is 0 Å². The monoisotopic (exact) mass is 576 g/mol. The van der Waals surface area contributed by atoms with Crippen molar-refractivity contribution >= 4 is 29.8 Å². The van der Waals surface area contributed by atoms with Crippen LogP contribution in [0, 0.1) is 0 Å². The lowest BCUT2D eigenvalue weighted by atomic mass is 10.0. The summed E-state index contributed by atoms with van der Waals surface area (Å²) in [5.41, 5.74) is -3.24. The Kier molecular flexibility index (Phi) is 9.91. The fraction of sp³-hybridized carbons (Fsp3) is 0.423. The van der Waals surface area contributed by atoms with Crippen LogP contribution in [0.1, 0.15) is 41.9 Å². The van der Waals surface area contributed by atoms with Gasteiger partial charge < -0.3 is 28.4 Å². The van der Waals surface area contributed by atoms with E-state index in [0.29, 0.717) is 0 Å². The summed E-state index contributed by atoms with van der Waals surface area (Å²) in [6, 6.07) is 7.29. The van der Waals surface area contributed by atoms with Crippen molar-refractivity contribution in [2.24, 2.45) is 0 Å². The first kappa shape index (κ1) is 30.9. The van der Waals surface area contributed by atoms with Crippen LogP contribution in [-0.2, 0) is 47.6 Å². The number of esters is 4. The molecule has 1 saturated heterocycles. The summed E-state index contributed by atoms with van der Waals surface area (Å²) in [6.45, 7) is 1.84. The van der Waals surface area contributed by atoms with Crippen molar-refractivity contribution in [2.75, 3.05) is 27.9 Å². The van der Waals surface area contributed by atoms with E-state index in [4.69, 9.17) is 18.9 Å². The molecule has 1 unspecified atom stereocenters. The Hall–Kier alpha value is -4.63. The molecule has 0 spiro atoms. The molecular formula is C26H28N2O13. The molecule has 15 heteroatoms. The molecule has 3 rings (SSSR count). The highest BCUT2D eigenvalue weighted by atomic mass is 16.6. The maximum Gasteiger partial charge on any atom is 0.340 e. The molecule has 2 aromatic rings. The average Bonchev–Trinajstić information content (AvgIpc) is 3.29. The Labute approximate surface area is 232 Å². The predicted octanol–water partition coefficient (Wildman–Crippen LogP) is -0.465. The first-order valence-corrected chi connectivity index (χ1v) is 12.1. The van der Waals surface area contributed by atoms with Gasteiger partial charge in [0.15, 0.2) is 18.2 Å². The predicted molar refractivity (Wildman–Crippen MR) is 135 cm³/mol. The van der Waals surface area contributed by atoms with E-state index >= 15 is 0 Å². The lowest BCUT2D eigenvalue weighted by Gasteiger charge is -2.24. The molecule has 0 amide bonds. The van der Waals surface area contributed by atoms with Gasteiger partial charge in [-0.1, -0.05) is 18.2 Å². The molecule has 1 aromatic heterocycles. The fourth-order valence-corrected chi connectivity index (χ4v) is 4.30. The molecule has 220 valence electrons. The Balaban J connectivity index is 2.31. The van der Waals surface area contributed by atoms with E-state index in [-0.39, 0.29) is 10.1 Å². The molecule has 41 heavy (non-hydrogen) atoms. The first-order valence-electron chi connectivity index (χ1n) is 12.1. The number of aromatic nitrogens is 2. The van der Waals surface area contributed by atoms with E-state index in [1.165, 1.54) is 31.4 Å². The smallest absolute Gasteiger partial charge is 0.340 e. The van der Waals surface area contributed by atoms with Gasteiger partial charge in [-0.2, -0.15) is 4.57 Å². The normalized spacial score (nSPS) is 19.9. The van der Waals surface area contributed by atoms with Crippen molar-refractivity contribution in [1.29, 1.82) is 0 Å². The van der Waals surface area contributed by atoms with Crippen LogP contribution in [-0.4, -0.2) is 85.2 Å². The highest BCUT2D eigenvalue weighted by molar-refractivity contribution is 6.01. The Morgan fingerprint density at radius 2 is 1.51 bits per heavy atom. The maximum absolute atomic E-state index is 13.8. The highest BCUT2D eigenvalue weighted by Crippen LogP contribution is 2.33. The SMILES string of the molecule is COC(=O)C(C(=O)OC)c1cn([C@@H]2O[C@H](COC(C)=O)C(OC(C)=O)[C@@H]2OC)c(=O)n(C(=O)c2ccccc2)c1=O. The Morgan fingerprint density at radius 1 is 0.902 bits per heavy atom. The summed E-state index contributed by atoms with van der Waals surface area (Å²) in [7, 11) is 3.15. The molecule has 0 radical (unpaired) electrons. The molecule has 15 nitrogen and oxygen atoms in total. The van der Waals surface area contributed by atoms with Crippen molar-refractivity contribution in [3.05, 3.63) is 68.5 Å². The number of ether oxygens (including phenoxy) is 6. The standard InChI is InChI=1S/C26H28N2O13/c1-13(29)39-12-17-19(40-14(2)30)20(36-3)23(41-17)27-11-16(18(24(33)37-4)25(34)38-5)22(32)28(26(27)35)21(31)15-9-7-6-8-10-15/h6-11,17-20,23H,12H2,1-5H3/t17-,19?,20+,23-/m1/s1. The van der Waals surface area contributed by atoms with Gasteiger partial charge in [0.2, 0.25) is 0 Å². The second-order valence-electron chi connectivity index (χ2n) is 8.71. The van der Waals surface area contributed by atoms with Crippen molar-refractivity contribution in [3.63, 3.8) is 0 Å². The van der Waals surface area contributed by atoms with Gasteiger partial charge in [-0.05, 0) is 12.1 Å². The van der Waals surface area contributed by atoms with Gasteiger partial charge in [0.1, 0.15) is 18.8 Å². The van der Waals surface area contributed by atoms with Gasteiger partial charge in [0.05, 0.1) is 19.8 Å². The second kappa shape index (κ2) is 13.1. The third-order valence-electron chi connectivity index (χ3n) is 6.13. The van der Waals surface area contributed by atoms with E-state index in [0.717, 1.165) is 38.8 Å². The van der Waals surface area contributed by atoms with Crippen LogP contribution in [0.25, 0.3) is 0 Å². The van der Waals surface area contributed by atoms with E-state index in [1.54, 1.807) is 6.07 Å². The van der Waals surface area contributed by atoms with Crippen LogP contribution in [0.5, 0.6) is 0 Å². The molecule has 0 saturated carbocycles. The topological polar surface area (TPSA) is 185 Å². The molecule has 1 fully saturated rings. The van der Waals surface area contributed by atoms with Crippen LogP contribution in [0.15, 0.2) is 46.1 Å². The van der Waals surface area contributed by atoms with Crippen LogP contribution in [0.2, 0.25) is 0 Å². The molecule has 2 heterocycles. The van der Waals surface area contributed by atoms with Crippen LogP contribution >= 0.6 is 0 Å². The molecule has 1 aliphatic rings. The minimum atomic E-state index is -2.00. The van der Waals surface area contributed by atoms with Crippen molar-refractivity contribution in [1.82, 2.24) is 9.13 Å². The molecule has 1 aliphatic heterocycles. The third-order valence-corrected chi connectivity index (χ3v) is 6.13. The lowest BCUT2D eigenvalue weighted by molar-refractivity contribution is -0.158. The highest BCUT2D eigenvalue weighted by Gasteiger charge is 2.50. The number of hydrogen-bond acceptors (Lipinski definition) is 13. The Morgan fingerprint density at radius 3 is 2.02 bits per heavy atom. The second-order valence-corrected chi connectivity index (χ2v) is 8.71. The number of benzene rings is 1. The van der Waals surface area contributed by atoms with E-state index in [9.17, 15) is 33.6 Å². The minimum Gasteiger partial charge on any atom is -0.468 e. The number of carbonyl (C=O) groups excluding carboxylic acids is 5. The number of nitrogens with zero attached hydrogens (tertiary/aromatic N) is 2. The molecule has 0 bridgehead atoms. The third kappa shape index (κ3) is 6.41. The van der Waals surface area contributed by atoms with Gasteiger partial charge in [0, 0.05) is 32.7 Å². The summed E-state index contributed by atoms with van der Waals surface area (Å²) in [4.78, 5) is 89.3. The number of rotatable bonds is 9. The van der Waals surface area contributed by atoms with Gasteiger partial charge in [-0.25, -0.2) is 4.79 Å². The lowest BCUT2D eigenvalue weighted by Crippen LogP contribution is -2.49. The quantitative estimate of drug-likeness (QED) is 0.212. The van der Waals surface area contributed by atoms with Crippen LogP contribution < -0.4 is 11.2 Å². The zero-order valence-electron chi connectivity index (χ0n) is 22.8. The number of hydrogen-bond donors (Lipinski definition) is 0. The first-order chi connectivity index (χ1) is 19.5. The molecular weight excluding hydrogens is 548 g/mol. The fourth-order valence-electron chi connectivity index (χ4n) is 4.30. The van der Waals surface area contributed by atoms with Crippen molar-refractivity contribution < 1.29 is 52.4 Å². The average molecular weight is 577 g/mol. The van der Waals surface area contributed by atoms with E-state index in [2.05, 4.69) is 9.47 Å². The minimum absolute atomic E-state index is 0.0655. The zero-order valence-corrected chi connectivity index (χ0v) is 22.8. The summed E-state index contributed by atoms with van der Waals surface area (Å²) >= 11 is 0. The molecule has 1 aromatic carbocycles. The van der Waals surface area contributed by atoms with Crippen LogP contribution in [0.3, 0.4) is 0 Å². The van der Waals surface area contributed by atoms with Gasteiger partial charge in [-0.3, -0.25) is 33.3 Å². The largest absolute Gasteiger partial charge is 0.468 e. The summed E-state index contributed by atoms with van der Waals surface area (Å²) in [5, 5.41) is 0. The number of carbonyl (C=O) groups is 5. The van der Waals surface area contributed by atoms with E-state index in [1.807, 2.05) is 0 Å². The van der Waals surface area contributed by atoms with Crippen LogP contribution in [0.4, 0.5) is 0 Å². The van der Waals surface area contributed by atoms with Crippen molar-refractivity contribution in [2.45, 2.75) is 44.3 Å².